The van der Waals surface area contributed by atoms with Gasteiger partial charge in [-0.05, 0) is 11.6 Å². The number of hydrogen-bond donors (Lipinski definition) is 1. The van der Waals surface area contributed by atoms with E-state index in [-0.39, 0.29) is 12.1 Å². The fraction of sp³-hybridized carbons (Fsp3) is 0.267. The minimum absolute atomic E-state index is 0.0549. The Morgan fingerprint density at radius 3 is 3.00 bits per heavy atom. The zero-order chi connectivity index (χ0) is 13.1. The third-order valence-corrected chi connectivity index (χ3v) is 4.35. The molecule has 0 radical (unpaired) electrons. The van der Waals surface area contributed by atoms with Crippen LogP contribution in [0.3, 0.4) is 0 Å². The van der Waals surface area contributed by atoms with Gasteiger partial charge in [0.1, 0.15) is 0 Å². The highest BCUT2D eigenvalue weighted by atomic mass is 16.2. The molecule has 19 heavy (non-hydrogen) atoms. The van der Waals surface area contributed by atoms with E-state index in [9.17, 15) is 4.79 Å². The number of likely N-dealkylation sites (N-methyl/N-ethyl adjacent to an activating group) is 1. The molecule has 96 valence electrons. The van der Waals surface area contributed by atoms with Crippen molar-refractivity contribution in [1.29, 1.82) is 0 Å². The van der Waals surface area contributed by atoms with E-state index in [1.54, 1.807) is 11.9 Å². The van der Waals surface area contributed by atoms with Gasteiger partial charge in [-0.2, -0.15) is 0 Å². The number of para-hydroxylation sites is 1. The number of carbonyl (C=O) groups is 1. The Morgan fingerprint density at radius 1 is 1.37 bits per heavy atom. The number of rotatable bonds is 0. The summed E-state index contributed by atoms with van der Waals surface area (Å²) in [7, 11) is 1.80. The Kier molecular flexibility index (Phi) is 1.91. The van der Waals surface area contributed by atoms with E-state index in [2.05, 4.69) is 29.8 Å². The van der Waals surface area contributed by atoms with Crippen LogP contribution in [0.5, 0.6) is 0 Å². The van der Waals surface area contributed by atoms with Crippen LogP contribution in [0.2, 0.25) is 0 Å². The predicted octanol–water partition coefficient (Wildman–Crippen LogP) is 2.47. The highest BCUT2D eigenvalue weighted by Gasteiger charge is 2.42. The second-order valence-electron chi connectivity index (χ2n) is 5.31. The van der Waals surface area contributed by atoms with Crippen LogP contribution in [0, 0.1) is 0 Å². The maximum Gasteiger partial charge on any atom is 0.324 e. The molecular weight excluding hydrogens is 238 g/mol. The second kappa shape index (κ2) is 3.41. The average Bonchev–Trinajstić information content (AvgIpc) is 2.89. The Bertz CT molecular complexity index is 715. The number of carbonyl (C=O) groups excluding carboxylic acids is 1. The van der Waals surface area contributed by atoms with Gasteiger partial charge in [0.15, 0.2) is 0 Å². The largest absolute Gasteiger partial charge is 0.357 e. The first kappa shape index (κ1) is 10.7. The van der Waals surface area contributed by atoms with E-state index in [0.29, 0.717) is 6.54 Å². The third-order valence-electron chi connectivity index (χ3n) is 4.35. The van der Waals surface area contributed by atoms with E-state index >= 15 is 0 Å². The van der Waals surface area contributed by atoms with Crippen molar-refractivity contribution in [2.45, 2.75) is 19.0 Å². The number of benzene rings is 1. The normalized spacial score (nSPS) is 22.1. The summed E-state index contributed by atoms with van der Waals surface area (Å²) in [5.41, 5.74) is 4.55. The van der Waals surface area contributed by atoms with Gasteiger partial charge in [-0.3, -0.25) is 4.90 Å². The monoisotopic (exact) mass is 253 g/mol. The molecule has 4 rings (SSSR count). The molecule has 0 spiro atoms. The van der Waals surface area contributed by atoms with Gasteiger partial charge in [0.05, 0.1) is 12.6 Å². The fourth-order valence-corrected chi connectivity index (χ4v) is 3.25. The van der Waals surface area contributed by atoms with Crippen molar-refractivity contribution in [2.24, 2.45) is 0 Å². The van der Waals surface area contributed by atoms with Gasteiger partial charge in [-0.15, -0.1) is 0 Å². The lowest BCUT2D eigenvalue weighted by Gasteiger charge is -2.28. The maximum atomic E-state index is 12.2. The van der Waals surface area contributed by atoms with Crippen LogP contribution in [0.25, 0.3) is 10.9 Å². The lowest BCUT2D eigenvalue weighted by Crippen LogP contribution is -2.38. The predicted molar refractivity (Wildman–Crippen MR) is 73.6 cm³/mol. The van der Waals surface area contributed by atoms with E-state index in [0.717, 1.165) is 23.3 Å². The van der Waals surface area contributed by atoms with Crippen LogP contribution >= 0.6 is 0 Å². The highest BCUT2D eigenvalue weighted by Crippen LogP contribution is 2.36. The van der Waals surface area contributed by atoms with Crippen LogP contribution < -0.4 is 0 Å². The van der Waals surface area contributed by atoms with E-state index in [1.807, 2.05) is 11.0 Å². The number of aromatic amines is 1. The van der Waals surface area contributed by atoms with Gasteiger partial charge in [-0.1, -0.05) is 24.8 Å². The lowest BCUT2D eigenvalue weighted by molar-refractivity contribution is 0.184. The molecular formula is C15H15N3O. The number of nitrogens with zero attached hydrogens (tertiary/aromatic N) is 2. The molecule has 1 atom stereocenters. The van der Waals surface area contributed by atoms with Crippen molar-refractivity contribution in [3.05, 3.63) is 47.8 Å². The summed E-state index contributed by atoms with van der Waals surface area (Å²) in [6.45, 7) is 4.71. The quantitative estimate of drug-likeness (QED) is 0.769. The number of urea groups is 1. The number of amides is 2. The summed E-state index contributed by atoms with van der Waals surface area (Å²) >= 11 is 0. The van der Waals surface area contributed by atoms with Gasteiger partial charge in [-0.25, -0.2) is 4.79 Å². The highest BCUT2D eigenvalue weighted by molar-refractivity contribution is 5.87. The first-order valence-corrected chi connectivity index (χ1v) is 6.48. The number of nitrogens with one attached hydrogen (secondary N) is 1. The molecule has 0 aliphatic carbocycles. The van der Waals surface area contributed by atoms with Gasteiger partial charge in [0, 0.05) is 35.8 Å². The molecule has 1 aromatic carbocycles. The SMILES string of the molecule is C=C1C2Cc3c([nH]c4ccccc34)CN2C(=O)N1C. The maximum absolute atomic E-state index is 12.2. The van der Waals surface area contributed by atoms with Gasteiger partial charge < -0.3 is 9.88 Å². The van der Waals surface area contributed by atoms with Crippen molar-refractivity contribution in [3.63, 3.8) is 0 Å². The summed E-state index contributed by atoms with van der Waals surface area (Å²) in [4.78, 5) is 19.2. The van der Waals surface area contributed by atoms with Crippen molar-refractivity contribution in [1.82, 2.24) is 14.8 Å². The Morgan fingerprint density at radius 2 is 2.16 bits per heavy atom. The van der Waals surface area contributed by atoms with E-state index in [4.69, 9.17) is 0 Å². The van der Waals surface area contributed by atoms with Crippen LogP contribution in [0.4, 0.5) is 4.79 Å². The molecule has 1 unspecified atom stereocenters. The minimum Gasteiger partial charge on any atom is -0.357 e. The average molecular weight is 253 g/mol. The molecule has 3 heterocycles. The second-order valence-corrected chi connectivity index (χ2v) is 5.31. The zero-order valence-corrected chi connectivity index (χ0v) is 10.8. The fourth-order valence-electron chi connectivity index (χ4n) is 3.25. The zero-order valence-electron chi connectivity index (χ0n) is 10.8. The van der Waals surface area contributed by atoms with Crippen LogP contribution in [-0.2, 0) is 13.0 Å². The molecule has 0 saturated carbocycles. The van der Waals surface area contributed by atoms with Crippen molar-refractivity contribution in [2.75, 3.05) is 7.05 Å². The summed E-state index contributed by atoms with van der Waals surface area (Å²) < 4.78 is 0. The molecule has 2 aliphatic heterocycles. The first-order valence-electron chi connectivity index (χ1n) is 6.48. The number of aromatic nitrogens is 1. The minimum atomic E-state index is 0.0549. The Hall–Kier alpha value is -2.23. The van der Waals surface area contributed by atoms with Crippen LogP contribution in [0.1, 0.15) is 11.3 Å². The summed E-state index contributed by atoms with van der Waals surface area (Å²) in [6, 6.07) is 8.49. The van der Waals surface area contributed by atoms with Crippen LogP contribution in [-0.4, -0.2) is 33.9 Å². The summed E-state index contributed by atoms with van der Waals surface area (Å²) in [6.07, 6.45) is 0.855. The summed E-state index contributed by atoms with van der Waals surface area (Å²) in [5, 5.41) is 1.27. The molecule has 2 aromatic rings. The van der Waals surface area contributed by atoms with E-state index < -0.39 is 0 Å². The molecule has 1 aromatic heterocycles. The van der Waals surface area contributed by atoms with Crippen molar-refractivity contribution < 1.29 is 4.79 Å². The number of fused-ring (bicyclic) bond motifs is 4. The molecule has 1 fully saturated rings. The smallest absolute Gasteiger partial charge is 0.324 e. The molecule has 2 aliphatic rings. The molecule has 1 saturated heterocycles. The lowest BCUT2D eigenvalue weighted by atomic mass is 9.96. The molecule has 2 amide bonds. The van der Waals surface area contributed by atoms with Crippen LogP contribution in [0.15, 0.2) is 36.5 Å². The Balaban J connectivity index is 1.87. The Labute approximate surface area is 111 Å². The standard InChI is InChI=1S/C15H15N3O/c1-9-14-7-11-10-5-3-4-6-12(10)16-13(11)8-18(14)15(19)17(9)2/h3-6,14,16H,1,7-8H2,2H3. The number of H-pyrrole nitrogens is 1. The number of hydrogen-bond acceptors (Lipinski definition) is 1. The molecule has 4 heteroatoms. The van der Waals surface area contributed by atoms with Crippen molar-refractivity contribution >= 4 is 16.9 Å². The molecule has 1 N–H and O–H groups in total. The molecule has 0 bridgehead atoms. The first-order chi connectivity index (χ1) is 9.16. The van der Waals surface area contributed by atoms with Gasteiger partial charge in [0.25, 0.3) is 0 Å². The van der Waals surface area contributed by atoms with E-state index in [1.165, 1.54) is 10.9 Å². The molecule has 4 nitrogen and oxygen atoms in total. The van der Waals surface area contributed by atoms with Gasteiger partial charge in [0.2, 0.25) is 0 Å². The van der Waals surface area contributed by atoms with Gasteiger partial charge >= 0.3 is 6.03 Å². The topological polar surface area (TPSA) is 39.3 Å². The third kappa shape index (κ3) is 1.26. The van der Waals surface area contributed by atoms with Crippen molar-refractivity contribution in [3.8, 4) is 0 Å². The summed E-state index contributed by atoms with van der Waals surface area (Å²) in [5.74, 6) is 0.